The molecular formula is C17H16ClNS2. The van der Waals surface area contributed by atoms with Gasteiger partial charge in [-0.25, -0.2) is 0 Å². The number of rotatable bonds is 3. The second kappa shape index (κ2) is 5.73. The summed E-state index contributed by atoms with van der Waals surface area (Å²) in [5.74, 6) is 0. The van der Waals surface area contributed by atoms with E-state index in [4.69, 9.17) is 11.6 Å². The molecule has 2 aromatic heterocycles. The number of fused-ring (bicyclic) bond motifs is 1. The summed E-state index contributed by atoms with van der Waals surface area (Å²) in [7, 11) is 0. The van der Waals surface area contributed by atoms with Gasteiger partial charge < -0.3 is 0 Å². The molecule has 21 heavy (non-hydrogen) atoms. The van der Waals surface area contributed by atoms with Crippen LogP contribution in [0.2, 0.25) is 5.02 Å². The van der Waals surface area contributed by atoms with Crippen LogP contribution in [0.5, 0.6) is 0 Å². The molecule has 0 radical (unpaired) electrons. The number of nitrogens with zero attached hydrogens (tertiary/aromatic N) is 1. The lowest BCUT2D eigenvalue weighted by Gasteiger charge is -2.23. The summed E-state index contributed by atoms with van der Waals surface area (Å²) < 4.78 is 1.30. The van der Waals surface area contributed by atoms with Gasteiger partial charge in [-0.2, -0.15) is 0 Å². The van der Waals surface area contributed by atoms with Gasteiger partial charge in [0.2, 0.25) is 0 Å². The molecule has 1 fully saturated rings. The first kappa shape index (κ1) is 13.8. The van der Waals surface area contributed by atoms with E-state index in [1.54, 1.807) is 0 Å². The van der Waals surface area contributed by atoms with Crippen molar-refractivity contribution in [2.24, 2.45) is 0 Å². The number of likely N-dealkylation sites (tertiary alicyclic amines) is 1. The van der Waals surface area contributed by atoms with Crippen molar-refractivity contribution in [1.29, 1.82) is 0 Å². The van der Waals surface area contributed by atoms with Crippen molar-refractivity contribution in [2.45, 2.75) is 25.4 Å². The Hall–Kier alpha value is -0.870. The zero-order valence-corrected chi connectivity index (χ0v) is 14.0. The van der Waals surface area contributed by atoms with Crippen LogP contribution in [0, 0.1) is 0 Å². The molecule has 1 saturated heterocycles. The van der Waals surface area contributed by atoms with E-state index in [0.717, 1.165) is 11.6 Å². The highest BCUT2D eigenvalue weighted by molar-refractivity contribution is 7.19. The summed E-state index contributed by atoms with van der Waals surface area (Å²) >= 11 is 10.3. The van der Waals surface area contributed by atoms with E-state index in [2.05, 4.69) is 46.7 Å². The molecule has 0 aliphatic carbocycles. The molecule has 0 amide bonds. The number of halogens is 1. The van der Waals surface area contributed by atoms with Gasteiger partial charge in [0.15, 0.2) is 0 Å². The fourth-order valence-corrected chi connectivity index (χ4v) is 5.58. The minimum atomic E-state index is 0.575. The molecule has 0 bridgehead atoms. The third kappa shape index (κ3) is 2.53. The predicted molar refractivity (Wildman–Crippen MR) is 93.5 cm³/mol. The second-order valence-corrected chi connectivity index (χ2v) is 7.97. The Bertz CT molecular complexity index is 747. The SMILES string of the molecule is Clc1c(CN2CCC[C@@H]2c2cccs2)sc2ccccc12. The van der Waals surface area contributed by atoms with Crippen LogP contribution in [0.25, 0.3) is 10.1 Å². The lowest BCUT2D eigenvalue weighted by Crippen LogP contribution is -2.21. The Morgan fingerprint density at radius 3 is 2.90 bits per heavy atom. The van der Waals surface area contributed by atoms with Gasteiger partial charge in [0.25, 0.3) is 0 Å². The van der Waals surface area contributed by atoms with Gasteiger partial charge in [0.05, 0.1) is 5.02 Å². The Kier molecular flexibility index (Phi) is 3.76. The fourth-order valence-electron chi connectivity index (χ4n) is 3.17. The Morgan fingerprint density at radius 2 is 2.10 bits per heavy atom. The van der Waals surface area contributed by atoms with Crippen LogP contribution in [0.1, 0.15) is 28.6 Å². The standard InChI is InChI=1S/C17H16ClNS2/c18-17-12-5-1-2-7-14(12)21-16(17)11-19-9-3-6-13(19)15-8-4-10-20-15/h1-2,4-5,7-8,10,13H,3,6,9,11H2/t13-/m1/s1. The molecule has 108 valence electrons. The molecule has 1 aromatic carbocycles. The predicted octanol–water partition coefficient (Wildman–Crippen LogP) is 5.95. The van der Waals surface area contributed by atoms with E-state index in [9.17, 15) is 0 Å². The van der Waals surface area contributed by atoms with E-state index in [1.807, 2.05) is 22.7 Å². The summed E-state index contributed by atoms with van der Waals surface area (Å²) in [6, 6.07) is 13.4. The maximum Gasteiger partial charge on any atom is 0.0637 e. The van der Waals surface area contributed by atoms with Crippen LogP contribution in [0.15, 0.2) is 41.8 Å². The maximum absolute atomic E-state index is 6.59. The highest BCUT2D eigenvalue weighted by Gasteiger charge is 2.27. The van der Waals surface area contributed by atoms with Crippen molar-refractivity contribution >= 4 is 44.4 Å². The van der Waals surface area contributed by atoms with E-state index < -0.39 is 0 Å². The Labute approximate surface area is 137 Å². The van der Waals surface area contributed by atoms with Crippen LogP contribution in [0.3, 0.4) is 0 Å². The van der Waals surface area contributed by atoms with Crippen LogP contribution >= 0.6 is 34.3 Å². The first-order valence-electron chi connectivity index (χ1n) is 7.26. The monoisotopic (exact) mass is 333 g/mol. The Morgan fingerprint density at radius 1 is 1.19 bits per heavy atom. The normalized spacial score (nSPS) is 19.6. The second-order valence-electron chi connectivity index (χ2n) is 5.48. The lowest BCUT2D eigenvalue weighted by atomic mass is 10.2. The van der Waals surface area contributed by atoms with Crippen molar-refractivity contribution in [2.75, 3.05) is 6.54 Å². The van der Waals surface area contributed by atoms with Crippen LogP contribution < -0.4 is 0 Å². The van der Waals surface area contributed by atoms with E-state index in [-0.39, 0.29) is 0 Å². The molecule has 1 atom stereocenters. The number of hydrogen-bond donors (Lipinski definition) is 0. The topological polar surface area (TPSA) is 3.24 Å². The molecule has 1 aliphatic rings. The lowest BCUT2D eigenvalue weighted by molar-refractivity contribution is 0.254. The van der Waals surface area contributed by atoms with Crippen LogP contribution in [-0.2, 0) is 6.54 Å². The van der Waals surface area contributed by atoms with Gasteiger partial charge in [0, 0.05) is 32.4 Å². The van der Waals surface area contributed by atoms with E-state index >= 15 is 0 Å². The van der Waals surface area contributed by atoms with E-state index in [0.29, 0.717) is 6.04 Å². The van der Waals surface area contributed by atoms with Gasteiger partial charge in [-0.15, -0.1) is 22.7 Å². The summed E-state index contributed by atoms with van der Waals surface area (Å²) in [4.78, 5) is 5.38. The summed E-state index contributed by atoms with van der Waals surface area (Å²) in [6.07, 6.45) is 2.55. The quantitative estimate of drug-likeness (QED) is 0.572. The summed E-state index contributed by atoms with van der Waals surface area (Å²) in [5.41, 5.74) is 0. The van der Waals surface area contributed by atoms with E-state index in [1.165, 1.54) is 39.2 Å². The molecule has 1 aliphatic heterocycles. The smallest absolute Gasteiger partial charge is 0.0637 e. The number of thiophene rings is 2. The van der Waals surface area contributed by atoms with Crippen LogP contribution in [-0.4, -0.2) is 11.4 Å². The summed E-state index contributed by atoms with van der Waals surface area (Å²) in [5, 5.41) is 4.33. The number of benzene rings is 1. The van der Waals surface area contributed by atoms with Crippen LogP contribution in [0.4, 0.5) is 0 Å². The minimum absolute atomic E-state index is 0.575. The average molecular weight is 334 g/mol. The third-order valence-corrected chi connectivity index (χ3v) is 6.86. The highest BCUT2D eigenvalue weighted by atomic mass is 35.5. The van der Waals surface area contributed by atoms with Gasteiger partial charge in [-0.05, 0) is 36.9 Å². The minimum Gasteiger partial charge on any atom is -0.290 e. The van der Waals surface area contributed by atoms with Crippen molar-refractivity contribution in [3.8, 4) is 0 Å². The largest absolute Gasteiger partial charge is 0.290 e. The molecule has 0 spiro atoms. The van der Waals surface area contributed by atoms with Gasteiger partial charge in [-0.3, -0.25) is 4.90 Å². The van der Waals surface area contributed by atoms with Crippen molar-refractivity contribution in [3.05, 3.63) is 56.6 Å². The molecule has 0 N–H and O–H groups in total. The molecular weight excluding hydrogens is 318 g/mol. The molecule has 4 heteroatoms. The molecule has 4 rings (SSSR count). The van der Waals surface area contributed by atoms with Gasteiger partial charge >= 0.3 is 0 Å². The van der Waals surface area contributed by atoms with Gasteiger partial charge in [-0.1, -0.05) is 35.9 Å². The van der Waals surface area contributed by atoms with Gasteiger partial charge in [0.1, 0.15) is 0 Å². The molecule has 3 heterocycles. The highest BCUT2D eigenvalue weighted by Crippen LogP contribution is 2.40. The Balaban J connectivity index is 1.63. The first-order valence-corrected chi connectivity index (χ1v) is 9.33. The molecule has 3 aromatic rings. The zero-order valence-electron chi connectivity index (χ0n) is 11.6. The van der Waals surface area contributed by atoms with Crippen molar-refractivity contribution in [3.63, 3.8) is 0 Å². The zero-order chi connectivity index (χ0) is 14.2. The van der Waals surface area contributed by atoms with Crippen molar-refractivity contribution < 1.29 is 0 Å². The fraction of sp³-hybridized carbons (Fsp3) is 0.294. The summed E-state index contributed by atoms with van der Waals surface area (Å²) in [6.45, 7) is 2.15. The van der Waals surface area contributed by atoms with Crippen molar-refractivity contribution in [1.82, 2.24) is 4.90 Å². The molecule has 1 nitrogen and oxygen atoms in total. The maximum atomic E-state index is 6.59. The first-order chi connectivity index (χ1) is 10.3. The molecule has 0 unspecified atom stereocenters. The number of hydrogen-bond acceptors (Lipinski definition) is 3. The average Bonchev–Trinajstić information content (AvgIpc) is 3.21. The molecule has 0 saturated carbocycles. The third-order valence-electron chi connectivity index (χ3n) is 4.18.